The molecule has 5 rings (SSSR count). The third-order valence-electron chi connectivity index (χ3n) is 6.33. The highest BCUT2D eigenvalue weighted by molar-refractivity contribution is 8.00. The summed E-state index contributed by atoms with van der Waals surface area (Å²) in [4.78, 5) is 3.90. The van der Waals surface area contributed by atoms with Gasteiger partial charge in [-0.1, -0.05) is 24.3 Å². The Morgan fingerprint density at radius 2 is 1.97 bits per heavy atom. The quantitative estimate of drug-likeness (QED) is 0.423. The van der Waals surface area contributed by atoms with Crippen LogP contribution in [0.3, 0.4) is 0 Å². The van der Waals surface area contributed by atoms with Crippen LogP contribution in [0.1, 0.15) is 24.1 Å². The Morgan fingerprint density at radius 3 is 2.77 bits per heavy atom. The minimum absolute atomic E-state index is 0.652. The van der Waals surface area contributed by atoms with Crippen LogP contribution in [0.5, 0.6) is 0 Å². The number of ether oxygens (including phenoxy) is 1. The Balaban J connectivity index is 1.45. The number of benzene rings is 2. The molecule has 0 saturated carbocycles. The van der Waals surface area contributed by atoms with Crippen molar-refractivity contribution in [1.82, 2.24) is 9.47 Å². The molecule has 0 radical (unpaired) electrons. The Kier molecular flexibility index (Phi) is 5.84. The second kappa shape index (κ2) is 8.88. The van der Waals surface area contributed by atoms with Crippen molar-refractivity contribution in [2.24, 2.45) is 0 Å². The number of hydrogen-bond acceptors (Lipinski definition) is 4. The average molecular weight is 420 g/mol. The minimum Gasteiger partial charge on any atom is -0.381 e. The molecule has 3 aromatic rings. The number of nitrogens with zero attached hydrogens (tertiary/aromatic N) is 2. The van der Waals surface area contributed by atoms with Crippen molar-refractivity contribution >= 4 is 28.5 Å². The predicted molar refractivity (Wildman–Crippen MR) is 126 cm³/mol. The Hall–Kier alpha value is -2.21. The zero-order valence-corrected chi connectivity index (χ0v) is 18.2. The standard InChI is InChI=1S/C25H29N3OS/c1-2-13-28-24-9-8-19(26-30-21-6-4-3-5-7-21)17-22(24)23-18-27(14-10-25(23)28)20-11-15-29-16-12-20/h2-9,17,20,26H,1,10-16,18H2. The van der Waals surface area contributed by atoms with E-state index in [0.29, 0.717) is 6.04 Å². The van der Waals surface area contributed by atoms with Crippen LogP contribution in [0.2, 0.25) is 0 Å². The second-order valence-corrected chi connectivity index (χ2v) is 9.02. The first-order valence-corrected chi connectivity index (χ1v) is 11.7. The molecule has 0 bridgehead atoms. The molecular weight excluding hydrogens is 390 g/mol. The molecule has 0 unspecified atom stereocenters. The van der Waals surface area contributed by atoms with Crippen LogP contribution >= 0.6 is 11.9 Å². The van der Waals surface area contributed by atoms with E-state index in [2.05, 4.69) is 69.3 Å². The summed E-state index contributed by atoms with van der Waals surface area (Å²) < 4.78 is 11.6. The molecule has 1 saturated heterocycles. The maximum atomic E-state index is 5.59. The van der Waals surface area contributed by atoms with Crippen molar-refractivity contribution in [2.45, 2.75) is 43.3 Å². The van der Waals surface area contributed by atoms with E-state index < -0.39 is 0 Å². The largest absolute Gasteiger partial charge is 0.381 e. The molecule has 1 aromatic heterocycles. The Bertz CT molecular complexity index is 1020. The Labute approximate surface area is 183 Å². The van der Waals surface area contributed by atoms with Crippen molar-refractivity contribution in [3.8, 4) is 0 Å². The highest BCUT2D eigenvalue weighted by atomic mass is 32.2. The van der Waals surface area contributed by atoms with E-state index in [1.165, 1.54) is 27.1 Å². The highest BCUT2D eigenvalue weighted by Gasteiger charge is 2.29. The summed E-state index contributed by atoms with van der Waals surface area (Å²) in [5.74, 6) is 0. The number of fused-ring (bicyclic) bond motifs is 3. The maximum Gasteiger partial charge on any atom is 0.0490 e. The smallest absolute Gasteiger partial charge is 0.0490 e. The number of hydrogen-bond donors (Lipinski definition) is 1. The van der Waals surface area contributed by atoms with Crippen LogP contribution in [0.4, 0.5) is 5.69 Å². The molecule has 1 fully saturated rings. The lowest BCUT2D eigenvalue weighted by Gasteiger charge is -2.37. The topological polar surface area (TPSA) is 29.4 Å². The molecule has 1 N–H and O–H groups in total. The monoisotopic (exact) mass is 419 g/mol. The van der Waals surface area contributed by atoms with E-state index in [1.54, 1.807) is 11.9 Å². The van der Waals surface area contributed by atoms with Gasteiger partial charge in [0.1, 0.15) is 0 Å². The van der Waals surface area contributed by atoms with E-state index in [0.717, 1.165) is 57.8 Å². The van der Waals surface area contributed by atoms with Gasteiger partial charge in [-0.25, -0.2) is 0 Å². The molecule has 30 heavy (non-hydrogen) atoms. The van der Waals surface area contributed by atoms with Crippen LogP contribution in [0.25, 0.3) is 10.9 Å². The SMILES string of the molecule is C=CCn1c2c(c3cc(NSc4ccccc4)ccc31)CN(C1CCOCC1)CC2. The molecule has 5 heteroatoms. The summed E-state index contributed by atoms with van der Waals surface area (Å²) in [6.07, 6.45) is 5.43. The fourth-order valence-electron chi connectivity index (χ4n) is 4.84. The van der Waals surface area contributed by atoms with E-state index in [4.69, 9.17) is 4.74 Å². The summed E-state index contributed by atoms with van der Waals surface area (Å²) >= 11 is 1.66. The van der Waals surface area contributed by atoms with Gasteiger partial charge in [0.25, 0.3) is 0 Å². The molecule has 3 heterocycles. The first kappa shape index (κ1) is 19.7. The zero-order chi connectivity index (χ0) is 20.3. The molecule has 4 nitrogen and oxygen atoms in total. The molecule has 2 aromatic carbocycles. The lowest BCUT2D eigenvalue weighted by atomic mass is 9.99. The number of nitrogens with one attached hydrogen (secondary N) is 1. The molecule has 0 atom stereocenters. The summed E-state index contributed by atoms with van der Waals surface area (Å²) in [6, 6.07) is 17.9. The van der Waals surface area contributed by atoms with Gasteiger partial charge in [0, 0.05) is 72.5 Å². The summed E-state index contributed by atoms with van der Waals surface area (Å²) in [6.45, 7) is 8.85. The highest BCUT2D eigenvalue weighted by Crippen LogP contribution is 2.35. The predicted octanol–water partition coefficient (Wildman–Crippen LogP) is 5.48. The first-order valence-electron chi connectivity index (χ1n) is 10.9. The van der Waals surface area contributed by atoms with E-state index in [1.807, 2.05) is 6.08 Å². The summed E-state index contributed by atoms with van der Waals surface area (Å²) in [5.41, 5.74) is 5.46. The van der Waals surface area contributed by atoms with Crippen molar-refractivity contribution in [3.63, 3.8) is 0 Å². The fourth-order valence-corrected chi connectivity index (χ4v) is 5.50. The van der Waals surface area contributed by atoms with Crippen molar-refractivity contribution < 1.29 is 4.74 Å². The maximum absolute atomic E-state index is 5.59. The number of anilines is 1. The van der Waals surface area contributed by atoms with Crippen molar-refractivity contribution in [1.29, 1.82) is 0 Å². The minimum atomic E-state index is 0.652. The molecule has 2 aliphatic rings. The van der Waals surface area contributed by atoms with Gasteiger partial charge in [0.15, 0.2) is 0 Å². The third-order valence-corrected chi connectivity index (χ3v) is 7.18. The van der Waals surface area contributed by atoms with Gasteiger partial charge in [-0.15, -0.1) is 6.58 Å². The number of rotatable bonds is 6. The molecule has 156 valence electrons. The zero-order valence-electron chi connectivity index (χ0n) is 17.3. The molecule has 0 amide bonds. The second-order valence-electron chi connectivity index (χ2n) is 8.14. The van der Waals surface area contributed by atoms with Crippen LogP contribution in [0, 0.1) is 0 Å². The molecular formula is C25H29N3OS. The van der Waals surface area contributed by atoms with E-state index in [-0.39, 0.29) is 0 Å². The van der Waals surface area contributed by atoms with Crippen LogP contribution in [-0.4, -0.2) is 35.3 Å². The van der Waals surface area contributed by atoms with Crippen LogP contribution in [0.15, 0.2) is 66.1 Å². The van der Waals surface area contributed by atoms with E-state index >= 15 is 0 Å². The molecule has 0 aliphatic carbocycles. The fraction of sp³-hybridized carbons (Fsp3) is 0.360. The lowest BCUT2D eigenvalue weighted by molar-refractivity contribution is 0.0289. The van der Waals surface area contributed by atoms with Gasteiger partial charge in [-0.3, -0.25) is 4.90 Å². The average Bonchev–Trinajstić information content (AvgIpc) is 3.12. The Morgan fingerprint density at radius 1 is 1.13 bits per heavy atom. The molecule has 2 aliphatic heterocycles. The number of allylic oxidation sites excluding steroid dienone is 1. The van der Waals surface area contributed by atoms with Gasteiger partial charge < -0.3 is 14.0 Å². The summed E-state index contributed by atoms with van der Waals surface area (Å²) in [7, 11) is 0. The van der Waals surface area contributed by atoms with Crippen molar-refractivity contribution in [3.05, 3.63) is 72.4 Å². The van der Waals surface area contributed by atoms with Gasteiger partial charge >= 0.3 is 0 Å². The van der Waals surface area contributed by atoms with Gasteiger partial charge in [-0.2, -0.15) is 0 Å². The van der Waals surface area contributed by atoms with Crippen LogP contribution < -0.4 is 4.72 Å². The third kappa shape index (κ3) is 3.89. The molecule has 0 spiro atoms. The van der Waals surface area contributed by atoms with E-state index in [9.17, 15) is 0 Å². The van der Waals surface area contributed by atoms with Gasteiger partial charge in [-0.05, 0) is 60.7 Å². The van der Waals surface area contributed by atoms with Crippen LogP contribution in [-0.2, 0) is 24.2 Å². The van der Waals surface area contributed by atoms with Gasteiger partial charge in [0.05, 0.1) is 0 Å². The normalized spacial score (nSPS) is 17.7. The lowest BCUT2D eigenvalue weighted by Crippen LogP contribution is -2.42. The first-order chi connectivity index (χ1) is 14.8. The van der Waals surface area contributed by atoms with Gasteiger partial charge in [0.2, 0.25) is 0 Å². The number of aromatic nitrogens is 1. The summed E-state index contributed by atoms with van der Waals surface area (Å²) in [5, 5.41) is 1.38. The van der Waals surface area contributed by atoms with Crippen molar-refractivity contribution in [2.75, 3.05) is 24.5 Å².